The molecule has 11 rings (SSSR count). The molecule has 0 amide bonds. The van der Waals surface area contributed by atoms with Gasteiger partial charge in [0, 0.05) is 35.0 Å². The van der Waals surface area contributed by atoms with Crippen molar-refractivity contribution in [2.75, 3.05) is 11.5 Å². The third kappa shape index (κ3) is 1.96. The van der Waals surface area contributed by atoms with Gasteiger partial charge < -0.3 is 11.5 Å². The van der Waals surface area contributed by atoms with E-state index in [9.17, 15) is 0 Å². The van der Waals surface area contributed by atoms with E-state index in [1.807, 2.05) is 0 Å². The van der Waals surface area contributed by atoms with Gasteiger partial charge in [-0.25, -0.2) is 0 Å². The van der Waals surface area contributed by atoms with Gasteiger partial charge in [0.15, 0.2) is 0 Å². The highest BCUT2D eigenvalue weighted by molar-refractivity contribution is 5.88. The third-order valence-electron chi connectivity index (χ3n) is 9.37. The van der Waals surface area contributed by atoms with Crippen molar-refractivity contribution in [3.8, 4) is 0 Å². The topological polar surface area (TPSA) is 52.0 Å². The SMILES string of the molecule is Nc1c2c(c(N)c3c1C1c4ccccc4C3c3ccccc31)C1c3ccccc3C2c2ccccc21. The Hall–Kier alpha value is -4.30. The van der Waals surface area contributed by atoms with Crippen molar-refractivity contribution in [1.29, 1.82) is 0 Å². The second-order valence-corrected chi connectivity index (χ2v) is 10.7. The van der Waals surface area contributed by atoms with Gasteiger partial charge in [-0.2, -0.15) is 0 Å². The van der Waals surface area contributed by atoms with E-state index in [2.05, 4.69) is 97.1 Å². The van der Waals surface area contributed by atoms with Crippen molar-refractivity contribution in [2.45, 2.75) is 23.7 Å². The molecule has 5 aromatic carbocycles. The molecule has 0 atom stereocenters. The zero-order valence-electron chi connectivity index (χ0n) is 19.7. The summed E-state index contributed by atoms with van der Waals surface area (Å²) >= 11 is 0. The van der Waals surface area contributed by atoms with Crippen molar-refractivity contribution in [2.24, 2.45) is 0 Å². The van der Waals surface area contributed by atoms with Gasteiger partial charge in [-0.15, -0.1) is 0 Å². The monoisotopic (exact) mass is 460 g/mol. The molecule has 0 saturated carbocycles. The van der Waals surface area contributed by atoms with Crippen LogP contribution in [0.25, 0.3) is 0 Å². The average Bonchev–Trinajstić information content (AvgIpc) is 2.95. The molecule has 4 bridgehead atoms. The van der Waals surface area contributed by atoms with Crippen molar-refractivity contribution in [3.05, 3.63) is 164 Å². The maximum atomic E-state index is 7.34. The van der Waals surface area contributed by atoms with E-state index in [0.717, 1.165) is 11.4 Å². The first-order chi connectivity index (χ1) is 17.8. The molecule has 0 radical (unpaired) electrons. The minimum Gasteiger partial charge on any atom is -0.398 e. The minimum absolute atomic E-state index is 0.121. The Bertz CT molecular complexity index is 1440. The van der Waals surface area contributed by atoms with E-state index in [-0.39, 0.29) is 23.7 Å². The molecule has 0 spiro atoms. The van der Waals surface area contributed by atoms with Crippen molar-refractivity contribution in [1.82, 2.24) is 0 Å². The molecule has 6 aliphatic rings. The molecule has 0 saturated heterocycles. The smallest absolute Gasteiger partial charge is 0.0406 e. The van der Waals surface area contributed by atoms with E-state index in [1.54, 1.807) is 0 Å². The van der Waals surface area contributed by atoms with Crippen LogP contribution in [0.2, 0.25) is 0 Å². The van der Waals surface area contributed by atoms with Crippen molar-refractivity contribution < 1.29 is 0 Å². The maximum Gasteiger partial charge on any atom is 0.0406 e. The normalized spacial score (nSPS) is 22.7. The fourth-order valence-corrected chi connectivity index (χ4v) is 8.18. The van der Waals surface area contributed by atoms with E-state index < -0.39 is 0 Å². The van der Waals surface area contributed by atoms with Gasteiger partial charge in [0.1, 0.15) is 0 Å². The standard InChI is InChI=1S/C34H24N2/c35-33-29-25-17-9-1-2-10-18(17)26(20-12-4-3-11-19(20)25)30(29)34(36)32-28-23-15-7-5-13-21(23)27(31(32)33)22-14-6-8-16-24(22)28/h1-16,25-28H,35-36H2. The number of hydrogen-bond acceptors (Lipinski definition) is 2. The van der Waals surface area contributed by atoms with Crippen LogP contribution >= 0.6 is 0 Å². The largest absolute Gasteiger partial charge is 0.398 e. The Morgan fingerprint density at radius 3 is 0.639 bits per heavy atom. The van der Waals surface area contributed by atoms with E-state index in [1.165, 1.54) is 66.8 Å². The molecule has 2 nitrogen and oxygen atoms in total. The summed E-state index contributed by atoms with van der Waals surface area (Å²) in [6.07, 6.45) is 0. The molecule has 0 unspecified atom stereocenters. The van der Waals surface area contributed by atoms with Crippen LogP contribution in [0.5, 0.6) is 0 Å². The molecular formula is C34H24N2. The lowest BCUT2D eigenvalue weighted by molar-refractivity contribution is 0.725. The summed E-state index contributed by atoms with van der Waals surface area (Å²) in [6, 6.07) is 35.6. The summed E-state index contributed by atoms with van der Waals surface area (Å²) in [5.74, 6) is 0.485. The third-order valence-corrected chi connectivity index (χ3v) is 9.37. The summed E-state index contributed by atoms with van der Waals surface area (Å²) in [4.78, 5) is 0. The molecule has 5 aromatic rings. The number of benzene rings is 5. The molecule has 0 aromatic heterocycles. The summed E-state index contributed by atoms with van der Waals surface area (Å²) < 4.78 is 0. The Morgan fingerprint density at radius 2 is 0.472 bits per heavy atom. The highest BCUT2D eigenvalue weighted by Gasteiger charge is 2.49. The average molecular weight is 461 g/mol. The number of anilines is 2. The van der Waals surface area contributed by atoms with Gasteiger partial charge in [0.25, 0.3) is 0 Å². The first-order valence-electron chi connectivity index (χ1n) is 12.9. The first kappa shape index (κ1) is 19.0. The van der Waals surface area contributed by atoms with Gasteiger partial charge in [0.2, 0.25) is 0 Å². The van der Waals surface area contributed by atoms with Crippen LogP contribution < -0.4 is 11.5 Å². The summed E-state index contributed by atoms with van der Waals surface area (Å²) in [5.41, 5.74) is 32.6. The van der Waals surface area contributed by atoms with Crippen LogP contribution in [-0.2, 0) is 0 Å². The second-order valence-electron chi connectivity index (χ2n) is 10.7. The molecule has 6 aliphatic carbocycles. The number of nitrogen functional groups attached to an aromatic ring is 2. The molecule has 0 fully saturated rings. The van der Waals surface area contributed by atoms with Gasteiger partial charge in [-0.05, 0) is 66.8 Å². The van der Waals surface area contributed by atoms with Crippen LogP contribution in [0.15, 0.2) is 97.1 Å². The lowest BCUT2D eigenvalue weighted by Crippen LogP contribution is -2.34. The van der Waals surface area contributed by atoms with Gasteiger partial charge in [-0.1, -0.05) is 97.1 Å². The molecule has 0 aliphatic heterocycles. The molecule has 0 heterocycles. The Morgan fingerprint density at radius 1 is 0.306 bits per heavy atom. The second kappa shape index (κ2) is 6.27. The lowest BCUT2D eigenvalue weighted by atomic mass is 9.55. The van der Waals surface area contributed by atoms with Crippen LogP contribution in [0, 0.1) is 0 Å². The quantitative estimate of drug-likeness (QED) is 0.244. The van der Waals surface area contributed by atoms with Crippen LogP contribution in [-0.4, -0.2) is 0 Å². The van der Waals surface area contributed by atoms with Gasteiger partial charge in [-0.3, -0.25) is 0 Å². The molecular weight excluding hydrogens is 436 g/mol. The van der Waals surface area contributed by atoms with Crippen molar-refractivity contribution >= 4 is 11.4 Å². The summed E-state index contributed by atoms with van der Waals surface area (Å²) in [6.45, 7) is 0. The Kier molecular flexibility index (Phi) is 3.30. The van der Waals surface area contributed by atoms with E-state index in [0.29, 0.717) is 0 Å². The predicted molar refractivity (Wildman–Crippen MR) is 145 cm³/mol. The zero-order chi connectivity index (χ0) is 23.7. The van der Waals surface area contributed by atoms with Crippen LogP contribution in [0.3, 0.4) is 0 Å². The Balaban J connectivity index is 1.43. The first-order valence-corrected chi connectivity index (χ1v) is 12.9. The molecule has 36 heavy (non-hydrogen) atoms. The molecule has 4 N–H and O–H groups in total. The maximum absolute atomic E-state index is 7.34. The van der Waals surface area contributed by atoms with Crippen LogP contribution in [0.4, 0.5) is 11.4 Å². The van der Waals surface area contributed by atoms with E-state index in [4.69, 9.17) is 11.5 Å². The number of rotatable bonds is 0. The summed E-state index contributed by atoms with van der Waals surface area (Å²) in [5, 5.41) is 0. The fraction of sp³-hybridized carbons (Fsp3) is 0.118. The predicted octanol–water partition coefficient (Wildman–Crippen LogP) is 6.83. The fourth-order valence-electron chi connectivity index (χ4n) is 8.18. The van der Waals surface area contributed by atoms with Gasteiger partial charge in [0.05, 0.1) is 0 Å². The Labute approximate surface area is 210 Å². The molecule has 170 valence electrons. The van der Waals surface area contributed by atoms with Crippen molar-refractivity contribution in [3.63, 3.8) is 0 Å². The zero-order valence-corrected chi connectivity index (χ0v) is 19.7. The number of hydrogen-bond donors (Lipinski definition) is 2. The molecule has 2 heteroatoms. The highest BCUT2D eigenvalue weighted by atomic mass is 14.7. The number of nitrogens with two attached hydrogens (primary N) is 2. The minimum atomic E-state index is 0.121. The van der Waals surface area contributed by atoms with Gasteiger partial charge >= 0.3 is 0 Å². The highest BCUT2D eigenvalue weighted by Crippen LogP contribution is 2.65. The van der Waals surface area contributed by atoms with Crippen LogP contribution in [0.1, 0.15) is 90.4 Å². The lowest BCUT2D eigenvalue weighted by Gasteiger charge is -2.48. The summed E-state index contributed by atoms with van der Waals surface area (Å²) in [7, 11) is 0. The van der Waals surface area contributed by atoms with E-state index >= 15 is 0 Å².